The maximum atomic E-state index is 12.5. The van der Waals surface area contributed by atoms with Crippen LogP contribution in [0.3, 0.4) is 0 Å². The molecule has 114 valence electrons. The number of hydrogen-bond acceptors (Lipinski definition) is 4. The first-order valence-corrected chi connectivity index (χ1v) is 7.51. The smallest absolute Gasteiger partial charge is 0.325 e. The molecule has 2 aliphatic heterocycles. The van der Waals surface area contributed by atoms with E-state index in [-0.39, 0.29) is 17.9 Å². The van der Waals surface area contributed by atoms with Crippen LogP contribution in [0.15, 0.2) is 0 Å². The lowest BCUT2D eigenvalue weighted by molar-refractivity contribution is -0.134. The number of carbonyl (C=O) groups excluding carboxylic acids is 2. The highest BCUT2D eigenvalue weighted by atomic mass is 16.5. The highest BCUT2D eigenvalue weighted by Crippen LogP contribution is 2.28. The second kappa shape index (κ2) is 6.54. The van der Waals surface area contributed by atoms with Gasteiger partial charge in [-0.1, -0.05) is 13.8 Å². The molecule has 1 atom stereocenters. The fraction of sp³-hybridized carbons (Fsp3) is 0.857. The molecule has 0 aromatic heterocycles. The standard InChI is InChI=1S/C14H25N3O3/c1-3-6-15-9-11(2)10-17-12(18)14(16-13(17)19)4-7-20-8-5-14/h11,15H,3-10H2,1-2H3,(H,16,19). The van der Waals surface area contributed by atoms with Gasteiger partial charge in [-0.05, 0) is 25.4 Å². The molecule has 0 aromatic rings. The first-order valence-electron chi connectivity index (χ1n) is 7.51. The Labute approximate surface area is 120 Å². The molecule has 0 aliphatic carbocycles. The summed E-state index contributed by atoms with van der Waals surface area (Å²) in [7, 11) is 0. The van der Waals surface area contributed by atoms with Crippen molar-refractivity contribution >= 4 is 11.9 Å². The molecule has 2 aliphatic rings. The number of rotatable bonds is 6. The van der Waals surface area contributed by atoms with Gasteiger partial charge < -0.3 is 15.4 Å². The third-order valence-electron chi connectivity index (χ3n) is 4.01. The van der Waals surface area contributed by atoms with Gasteiger partial charge in [0, 0.05) is 32.6 Å². The predicted molar refractivity (Wildman–Crippen MR) is 75.4 cm³/mol. The molecule has 6 heteroatoms. The molecule has 1 unspecified atom stereocenters. The van der Waals surface area contributed by atoms with E-state index < -0.39 is 5.54 Å². The van der Waals surface area contributed by atoms with E-state index in [0.717, 1.165) is 19.5 Å². The fourth-order valence-electron chi connectivity index (χ4n) is 2.80. The van der Waals surface area contributed by atoms with Gasteiger partial charge in [-0.15, -0.1) is 0 Å². The average Bonchev–Trinajstić information content (AvgIpc) is 2.65. The summed E-state index contributed by atoms with van der Waals surface area (Å²) in [4.78, 5) is 26.0. The normalized spacial score (nSPS) is 23.2. The molecule has 2 heterocycles. The fourth-order valence-corrected chi connectivity index (χ4v) is 2.80. The number of ether oxygens (including phenoxy) is 1. The molecule has 20 heavy (non-hydrogen) atoms. The zero-order valence-corrected chi connectivity index (χ0v) is 12.4. The number of hydrogen-bond donors (Lipinski definition) is 2. The molecule has 2 rings (SSSR count). The van der Waals surface area contributed by atoms with Gasteiger partial charge in [-0.2, -0.15) is 0 Å². The Morgan fingerprint density at radius 2 is 2.10 bits per heavy atom. The van der Waals surface area contributed by atoms with E-state index in [0.29, 0.717) is 32.6 Å². The molecule has 0 bridgehead atoms. The Hall–Kier alpha value is -1.14. The molecule has 0 radical (unpaired) electrons. The van der Waals surface area contributed by atoms with Crippen molar-refractivity contribution in [3.8, 4) is 0 Å². The molecule has 0 saturated carbocycles. The highest BCUT2D eigenvalue weighted by Gasteiger charge is 2.51. The van der Waals surface area contributed by atoms with Crippen molar-refractivity contribution in [2.75, 3.05) is 32.8 Å². The maximum absolute atomic E-state index is 12.5. The summed E-state index contributed by atoms with van der Waals surface area (Å²) in [5, 5.41) is 6.20. The number of carbonyl (C=O) groups is 2. The van der Waals surface area contributed by atoms with Crippen molar-refractivity contribution < 1.29 is 14.3 Å². The van der Waals surface area contributed by atoms with E-state index in [1.165, 1.54) is 4.90 Å². The average molecular weight is 283 g/mol. The lowest BCUT2D eigenvalue weighted by Gasteiger charge is -2.30. The number of imide groups is 1. The molecule has 3 amide bonds. The number of nitrogens with one attached hydrogen (secondary N) is 2. The van der Waals surface area contributed by atoms with Crippen LogP contribution in [0.5, 0.6) is 0 Å². The zero-order valence-electron chi connectivity index (χ0n) is 12.4. The lowest BCUT2D eigenvalue weighted by Crippen LogP contribution is -2.51. The Morgan fingerprint density at radius 1 is 1.40 bits per heavy atom. The Balaban J connectivity index is 1.91. The van der Waals surface area contributed by atoms with E-state index >= 15 is 0 Å². The molecule has 0 aromatic carbocycles. The third kappa shape index (κ3) is 3.12. The van der Waals surface area contributed by atoms with Crippen LogP contribution in [0.25, 0.3) is 0 Å². The summed E-state index contributed by atoms with van der Waals surface area (Å²) in [5.74, 6) is 0.180. The van der Waals surface area contributed by atoms with Crippen molar-refractivity contribution in [1.29, 1.82) is 0 Å². The van der Waals surface area contributed by atoms with Gasteiger partial charge in [-0.3, -0.25) is 9.69 Å². The van der Waals surface area contributed by atoms with Crippen molar-refractivity contribution in [3.63, 3.8) is 0 Å². The quantitative estimate of drug-likeness (QED) is 0.557. The second-order valence-electron chi connectivity index (χ2n) is 5.85. The lowest BCUT2D eigenvalue weighted by atomic mass is 9.90. The number of urea groups is 1. The van der Waals surface area contributed by atoms with E-state index in [9.17, 15) is 9.59 Å². The minimum absolute atomic E-state index is 0.0758. The van der Waals surface area contributed by atoms with Crippen LogP contribution in [0.1, 0.15) is 33.1 Å². The zero-order chi connectivity index (χ0) is 14.6. The van der Waals surface area contributed by atoms with Gasteiger partial charge in [0.2, 0.25) is 0 Å². The molecular weight excluding hydrogens is 258 g/mol. The minimum Gasteiger partial charge on any atom is -0.381 e. The van der Waals surface area contributed by atoms with Gasteiger partial charge in [0.05, 0.1) is 0 Å². The first kappa shape index (κ1) is 15.3. The predicted octanol–water partition coefficient (Wildman–Crippen LogP) is 0.723. The van der Waals surface area contributed by atoms with Crippen LogP contribution in [-0.2, 0) is 9.53 Å². The van der Waals surface area contributed by atoms with Crippen molar-refractivity contribution in [2.45, 2.75) is 38.6 Å². The monoisotopic (exact) mass is 283 g/mol. The Bertz CT molecular complexity index is 367. The summed E-state index contributed by atoms with van der Waals surface area (Å²) in [6, 6.07) is -0.251. The molecule has 2 fully saturated rings. The summed E-state index contributed by atoms with van der Waals surface area (Å²) in [5.41, 5.74) is -0.702. The van der Waals surface area contributed by atoms with Crippen LogP contribution < -0.4 is 10.6 Å². The molecule has 6 nitrogen and oxygen atoms in total. The summed E-state index contributed by atoms with van der Waals surface area (Å²) in [6.07, 6.45) is 2.24. The van der Waals surface area contributed by atoms with Crippen LogP contribution in [0.4, 0.5) is 4.79 Å². The van der Waals surface area contributed by atoms with Crippen LogP contribution in [-0.4, -0.2) is 55.2 Å². The largest absolute Gasteiger partial charge is 0.381 e. The van der Waals surface area contributed by atoms with Crippen molar-refractivity contribution in [3.05, 3.63) is 0 Å². The van der Waals surface area contributed by atoms with E-state index in [4.69, 9.17) is 4.74 Å². The van der Waals surface area contributed by atoms with Crippen LogP contribution in [0.2, 0.25) is 0 Å². The van der Waals surface area contributed by atoms with E-state index in [1.807, 2.05) is 0 Å². The summed E-state index contributed by atoms with van der Waals surface area (Å²) < 4.78 is 5.29. The molecule has 1 spiro atoms. The highest BCUT2D eigenvalue weighted by molar-refractivity contribution is 6.07. The minimum atomic E-state index is -0.702. The summed E-state index contributed by atoms with van der Waals surface area (Å²) in [6.45, 7) is 7.50. The maximum Gasteiger partial charge on any atom is 0.325 e. The Morgan fingerprint density at radius 3 is 2.75 bits per heavy atom. The number of nitrogens with zero attached hydrogens (tertiary/aromatic N) is 1. The van der Waals surface area contributed by atoms with E-state index in [1.54, 1.807) is 0 Å². The first-order chi connectivity index (χ1) is 9.59. The molecule has 2 saturated heterocycles. The van der Waals surface area contributed by atoms with Gasteiger partial charge >= 0.3 is 6.03 Å². The van der Waals surface area contributed by atoms with Crippen LogP contribution in [0, 0.1) is 5.92 Å². The summed E-state index contributed by atoms with van der Waals surface area (Å²) >= 11 is 0. The number of amides is 3. The van der Waals surface area contributed by atoms with E-state index in [2.05, 4.69) is 24.5 Å². The van der Waals surface area contributed by atoms with Gasteiger partial charge in [0.25, 0.3) is 5.91 Å². The van der Waals surface area contributed by atoms with Crippen LogP contribution >= 0.6 is 0 Å². The van der Waals surface area contributed by atoms with Gasteiger partial charge in [-0.25, -0.2) is 4.79 Å². The topological polar surface area (TPSA) is 70.7 Å². The van der Waals surface area contributed by atoms with Gasteiger partial charge in [0.1, 0.15) is 5.54 Å². The Kier molecular flexibility index (Phi) is 4.99. The molecule has 2 N–H and O–H groups in total. The SMILES string of the molecule is CCCNCC(C)CN1C(=O)NC2(CCOCC2)C1=O. The third-order valence-corrected chi connectivity index (χ3v) is 4.01. The van der Waals surface area contributed by atoms with Crippen molar-refractivity contribution in [1.82, 2.24) is 15.5 Å². The molecular formula is C14H25N3O3. The second-order valence-corrected chi connectivity index (χ2v) is 5.85. The van der Waals surface area contributed by atoms with Gasteiger partial charge in [0.15, 0.2) is 0 Å². The van der Waals surface area contributed by atoms with Crippen molar-refractivity contribution in [2.24, 2.45) is 5.92 Å².